The first-order chi connectivity index (χ1) is 20.9. The van der Waals surface area contributed by atoms with E-state index in [1.54, 1.807) is 25.3 Å². The SMILES string of the molecule is COc1cc(/C=C2/C(=O)N(c3ccccc3)N=C2C)ccc1OCC(=O)Nc1ccc(C23CC4CC(CC(C4)C2)C3)cc1. The smallest absolute Gasteiger partial charge is 0.280 e. The van der Waals surface area contributed by atoms with Gasteiger partial charge in [-0.1, -0.05) is 36.4 Å². The second-order valence-electron chi connectivity index (χ2n) is 12.7. The minimum atomic E-state index is -0.236. The van der Waals surface area contributed by atoms with Gasteiger partial charge in [-0.3, -0.25) is 9.59 Å². The van der Waals surface area contributed by atoms with E-state index in [0.29, 0.717) is 33.9 Å². The molecule has 3 aromatic rings. The number of carbonyl (C=O) groups excluding carboxylic acids is 2. The Labute approximate surface area is 252 Å². The lowest BCUT2D eigenvalue weighted by molar-refractivity contribution is -0.118. The van der Waals surface area contributed by atoms with Gasteiger partial charge in [-0.15, -0.1) is 0 Å². The Morgan fingerprint density at radius 2 is 1.63 bits per heavy atom. The number of carbonyl (C=O) groups is 2. The molecule has 43 heavy (non-hydrogen) atoms. The molecule has 1 N–H and O–H groups in total. The van der Waals surface area contributed by atoms with Crippen LogP contribution in [0.3, 0.4) is 0 Å². The number of methoxy groups -OCH3 is 1. The maximum atomic E-state index is 13.1. The first kappa shape index (κ1) is 27.4. The molecule has 2 amide bonds. The lowest BCUT2D eigenvalue weighted by Gasteiger charge is -2.57. The number of rotatable bonds is 8. The van der Waals surface area contributed by atoms with Crippen LogP contribution in [0.25, 0.3) is 6.08 Å². The molecule has 0 atom stereocenters. The molecule has 4 fully saturated rings. The normalized spacial score (nSPS) is 26.5. The molecule has 0 saturated heterocycles. The highest BCUT2D eigenvalue weighted by Gasteiger charge is 2.51. The lowest BCUT2D eigenvalue weighted by Crippen LogP contribution is -2.48. The van der Waals surface area contributed by atoms with Crippen LogP contribution < -0.4 is 19.8 Å². The monoisotopic (exact) mass is 575 g/mol. The average Bonchev–Trinajstić information content (AvgIpc) is 3.29. The summed E-state index contributed by atoms with van der Waals surface area (Å²) in [6, 6.07) is 23.2. The van der Waals surface area contributed by atoms with Crippen LogP contribution in [-0.2, 0) is 15.0 Å². The molecule has 3 aromatic carbocycles. The van der Waals surface area contributed by atoms with E-state index in [2.05, 4.69) is 22.6 Å². The van der Waals surface area contributed by atoms with Gasteiger partial charge >= 0.3 is 0 Å². The number of amides is 2. The second-order valence-corrected chi connectivity index (χ2v) is 12.7. The fourth-order valence-electron chi connectivity index (χ4n) is 8.20. The Morgan fingerprint density at radius 1 is 0.953 bits per heavy atom. The van der Waals surface area contributed by atoms with Crippen molar-refractivity contribution in [2.24, 2.45) is 22.9 Å². The molecule has 4 bridgehead atoms. The Bertz CT molecular complexity index is 1570. The van der Waals surface area contributed by atoms with Crippen molar-refractivity contribution in [3.8, 4) is 11.5 Å². The molecule has 0 spiro atoms. The highest BCUT2D eigenvalue weighted by Crippen LogP contribution is 2.60. The van der Waals surface area contributed by atoms with Gasteiger partial charge in [-0.2, -0.15) is 10.1 Å². The number of anilines is 2. The number of hydrogen-bond acceptors (Lipinski definition) is 5. The van der Waals surface area contributed by atoms with Crippen molar-refractivity contribution in [3.05, 3.63) is 89.5 Å². The van der Waals surface area contributed by atoms with Gasteiger partial charge in [0.15, 0.2) is 18.1 Å². The van der Waals surface area contributed by atoms with Crippen molar-refractivity contribution in [1.29, 1.82) is 0 Å². The standard InChI is InChI=1S/C36H37N3O4/c1-23-31(35(41)39(38-23)30-6-4-3-5-7-30)17-24-8-13-32(33(18-24)42-2)43-22-34(40)37-29-11-9-28(10-12-29)36-19-25-14-26(20-36)16-27(15-25)21-36/h3-13,17-18,25-27H,14-16,19-22H2,1-2H3,(H,37,40)/b31-17+. The average molecular weight is 576 g/mol. The van der Waals surface area contributed by atoms with Gasteiger partial charge in [-0.05, 0) is 122 Å². The molecule has 4 saturated carbocycles. The summed E-state index contributed by atoms with van der Waals surface area (Å²) in [4.78, 5) is 25.8. The summed E-state index contributed by atoms with van der Waals surface area (Å²) in [7, 11) is 1.55. The number of para-hydroxylation sites is 1. The molecular formula is C36H37N3O4. The van der Waals surface area contributed by atoms with Gasteiger partial charge in [0.2, 0.25) is 0 Å². The van der Waals surface area contributed by atoms with Crippen LogP contribution in [0, 0.1) is 17.8 Å². The maximum Gasteiger partial charge on any atom is 0.280 e. The molecule has 0 radical (unpaired) electrons. The fraction of sp³-hybridized carbons (Fsp3) is 0.361. The number of hydrazone groups is 1. The summed E-state index contributed by atoms with van der Waals surface area (Å²) in [5, 5.41) is 8.81. The summed E-state index contributed by atoms with van der Waals surface area (Å²) >= 11 is 0. The molecule has 7 heteroatoms. The van der Waals surface area contributed by atoms with E-state index in [-0.39, 0.29) is 18.4 Å². The zero-order valence-electron chi connectivity index (χ0n) is 24.7. The maximum absolute atomic E-state index is 13.1. The molecule has 5 aliphatic rings. The van der Waals surface area contributed by atoms with Crippen molar-refractivity contribution in [2.75, 3.05) is 24.0 Å². The lowest BCUT2D eigenvalue weighted by atomic mass is 9.48. The Balaban J connectivity index is 0.977. The van der Waals surface area contributed by atoms with Crippen LogP contribution in [-0.4, -0.2) is 31.2 Å². The highest BCUT2D eigenvalue weighted by molar-refractivity contribution is 6.32. The number of nitrogens with one attached hydrogen (secondary N) is 1. The third-order valence-corrected chi connectivity index (χ3v) is 9.74. The molecule has 1 heterocycles. The van der Waals surface area contributed by atoms with E-state index in [1.807, 2.05) is 55.5 Å². The Morgan fingerprint density at radius 3 is 2.28 bits per heavy atom. The van der Waals surface area contributed by atoms with Gasteiger partial charge in [0.1, 0.15) is 0 Å². The molecule has 7 nitrogen and oxygen atoms in total. The van der Waals surface area contributed by atoms with Crippen molar-refractivity contribution >= 4 is 35.0 Å². The zero-order valence-corrected chi connectivity index (χ0v) is 24.7. The zero-order chi connectivity index (χ0) is 29.6. The van der Waals surface area contributed by atoms with Gasteiger partial charge < -0.3 is 14.8 Å². The van der Waals surface area contributed by atoms with Gasteiger partial charge in [0.25, 0.3) is 11.8 Å². The van der Waals surface area contributed by atoms with E-state index < -0.39 is 0 Å². The summed E-state index contributed by atoms with van der Waals surface area (Å²) in [6.07, 6.45) is 10.1. The summed E-state index contributed by atoms with van der Waals surface area (Å²) in [6.45, 7) is 1.67. The first-order valence-electron chi connectivity index (χ1n) is 15.3. The van der Waals surface area contributed by atoms with E-state index in [0.717, 1.165) is 29.0 Å². The van der Waals surface area contributed by atoms with Crippen molar-refractivity contribution in [1.82, 2.24) is 0 Å². The molecular weight excluding hydrogens is 538 g/mol. The van der Waals surface area contributed by atoms with Crippen LogP contribution in [0.15, 0.2) is 83.5 Å². The van der Waals surface area contributed by atoms with Crippen molar-refractivity contribution < 1.29 is 19.1 Å². The summed E-state index contributed by atoms with van der Waals surface area (Å²) in [5.74, 6) is 3.20. The Hall–Kier alpha value is -4.39. The number of ether oxygens (including phenoxy) is 2. The predicted octanol–water partition coefficient (Wildman–Crippen LogP) is 6.99. The third kappa shape index (κ3) is 5.33. The molecule has 0 aromatic heterocycles. The van der Waals surface area contributed by atoms with Crippen molar-refractivity contribution in [3.63, 3.8) is 0 Å². The summed E-state index contributed by atoms with van der Waals surface area (Å²) < 4.78 is 11.4. The molecule has 220 valence electrons. The van der Waals surface area contributed by atoms with E-state index >= 15 is 0 Å². The van der Waals surface area contributed by atoms with Crippen LogP contribution in [0.5, 0.6) is 11.5 Å². The van der Waals surface area contributed by atoms with Crippen LogP contribution in [0.4, 0.5) is 11.4 Å². The molecule has 0 unspecified atom stereocenters. The number of nitrogens with zero attached hydrogens (tertiary/aromatic N) is 2. The predicted molar refractivity (Wildman–Crippen MR) is 168 cm³/mol. The van der Waals surface area contributed by atoms with Crippen LogP contribution >= 0.6 is 0 Å². The van der Waals surface area contributed by atoms with Gasteiger partial charge in [-0.25, -0.2) is 0 Å². The topological polar surface area (TPSA) is 80.2 Å². The number of benzene rings is 3. The van der Waals surface area contributed by atoms with Gasteiger partial charge in [0.05, 0.1) is 24.1 Å². The molecule has 8 rings (SSSR count). The highest BCUT2D eigenvalue weighted by atomic mass is 16.5. The molecule has 4 aliphatic carbocycles. The summed E-state index contributed by atoms with van der Waals surface area (Å²) in [5.41, 5.74) is 5.18. The van der Waals surface area contributed by atoms with E-state index in [4.69, 9.17) is 9.47 Å². The van der Waals surface area contributed by atoms with Crippen LogP contribution in [0.1, 0.15) is 56.6 Å². The first-order valence-corrected chi connectivity index (χ1v) is 15.3. The van der Waals surface area contributed by atoms with Gasteiger partial charge in [0, 0.05) is 5.69 Å². The Kier molecular flexibility index (Phi) is 7.04. The van der Waals surface area contributed by atoms with Crippen molar-refractivity contribution in [2.45, 2.75) is 50.9 Å². The largest absolute Gasteiger partial charge is 0.493 e. The fourth-order valence-corrected chi connectivity index (χ4v) is 8.20. The second kappa shape index (κ2) is 11.0. The third-order valence-electron chi connectivity index (χ3n) is 9.74. The quantitative estimate of drug-likeness (QED) is 0.294. The minimum Gasteiger partial charge on any atom is -0.493 e. The molecule has 1 aliphatic heterocycles. The number of hydrogen-bond donors (Lipinski definition) is 1. The van der Waals surface area contributed by atoms with E-state index in [1.165, 1.54) is 49.1 Å². The minimum absolute atomic E-state index is 0.149. The van der Waals surface area contributed by atoms with E-state index in [9.17, 15) is 9.59 Å². The van der Waals surface area contributed by atoms with Crippen LogP contribution in [0.2, 0.25) is 0 Å².